The molecule has 0 N–H and O–H groups in total. The average Bonchev–Trinajstić information content (AvgIpc) is 3.14. The zero-order valence-corrected chi connectivity index (χ0v) is 19.3. The fourth-order valence-electron chi connectivity index (χ4n) is 4.35. The van der Waals surface area contributed by atoms with E-state index < -0.39 is 0 Å². The third-order valence-corrected chi connectivity index (χ3v) is 7.50. The van der Waals surface area contributed by atoms with Crippen molar-refractivity contribution in [2.45, 2.75) is 23.2 Å². The predicted octanol–water partition coefficient (Wildman–Crippen LogP) is 2.80. The minimum absolute atomic E-state index is 0.0673. The molecule has 0 radical (unpaired) electrons. The summed E-state index contributed by atoms with van der Waals surface area (Å²) in [7, 11) is 6.26. The number of carbonyl (C=O) groups excluding carboxylic acids is 1. The summed E-state index contributed by atoms with van der Waals surface area (Å²) < 4.78 is 0. The molecule has 1 aromatic carbocycles. The maximum atomic E-state index is 13.4. The van der Waals surface area contributed by atoms with Crippen LogP contribution in [0.5, 0.6) is 0 Å². The summed E-state index contributed by atoms with van der Waals surface area (Å²) in [5, 5.41) is 0.654. The molecule has 1 saturated heterocycles. The van der Waals surface area contributed by atoms with Crippen LogP contribution in [0.4, 0.5) is 17.2 Å². The first-order chi connectivity index (χ1) is 14.9. The molecule has 4 heterocycles. The van der Waals surface area contributed by atoms with Gasteiger partial charge in [-0.05, 0) is 26.1 Å². The van der Waals surface area contributed by atoms with Gasteiger partial charge >= 0.3 is 0 Å². The van der Waals surface area contributed by atoms with Crippen LogP contribution < -0.4 is 14.7 Å². The Morgan fingerprint density at radius 1 is 1.10 bits per heavy atom. The number of likely N-dealkylation sites (N-methyl/N-ethyl adjacent to an activating group) is 1. The first-order valence-electron chi connectivity index (χ1n) is 10.7. The van der Waals surface area contributed by atoms with Crippen molar-refractivity contribution in [1.29, 1.82) is 0 Å². The number of hydrogen-bond donors (Lipinski definition) is 0. The first-order valence-corrected chi connectivity index (χ1v) is 11.6. The average molecular weight is 437 g/mol. The molecule has 162 valence electrons. The molecule has 3 aliphatic heterocycles. The van der Waals surface area contributed by atoms with E-state index >= 15 is 0 Å². The van der Waals surface area contributed by atoms with Gasteiger partial charge in [0.15, 0.2) is 0 Å². The van der Waals surface area contributed by atoms with Gasteiger partial charge in [0.1, 0.15) is 22.1 Å². The zero-order chi connectivity index (χ0) is 21.7. The normalized spacial score (nSPS) is 23.2. The maximum Gasteiger partial charge on any atom is 0.248 e. The van der Waals surface area contributed by atoms with Crippen LogP contribution >= 0.6 is 11.8 Å². The fraction of sp³-hybridized carbons (Fsp3) is 0.435. The number of amides is 1. The number of benzene rings is 1. The van der Waals surface area contributed by atoms with Crippen LogP contribution in [0.3, 0.4) is 0 Å². The minimum Gasteiger partial charge on any atom is -0.377 e. The number of nitrogens with zero attached hydrogens (tertiary/aromatic N) is 6. The van der Waals surface area contributed by atoms with E-state index in [-0.39, 0.29) is 17.2 Å². The van der Waals surface area contributed by atoms with E-state index in [1.165, 1.54) is 5.56 Å². The molecule has 31 heavy (non-hydrogen) atoms. The summed E-state index contributed by atoms with van der Waals surface area (Å²) in [4.78, 5) is 31.7. The van der Waals surface area contributed by atoms with Crippen molar-refractivity contribution in [1.82, 2.24) is 9.88 Å². The molecule has 2 aromatic rings. The van der Waals surface area contributed by atoms with E-state index in [9.17, 15) is 4.79 Å². The van der Waals surface area contributed by atoms with E-state index in [2.05, 4.69) is 27.8 Å². The van der Waals surface area contributed by atoms with Gasteiger partial charge in [-0.1, -0.05) is 29.5 Å². The molecule has 7 nitrogen and oxygen atoms in total. The molecule has 2 atom stereocenters. The third kappa shape index (κ3) is 3.57. The van der Waals surface area contributed by atoms with Crippen LogP contribution in [0.25, 0.3) is 0 Å². The Bertz CT molecular complexity index is 1030. The maximum absolute atomic E-state index is 13.4. The summed E-state index contributed by atoms with van der Waals surface area (Å²) in [5.41, 5.74) is 4.20. The molecule has 0 bridgehead atoms. The molecule has 0 spiro atoms. The number of pyridine rings is 1. The third-order valence-electron chi connectivity index (χ3n) is 6.25. The molecule has 1 aromatic heterocycles. The van der Waals surface area contributed by atoms with Gasteiger partial charge in [-0.3, -0.25) is 14.7 Å². The monoisotopic (exact) mass is 436 g/mol. The van der Waals surface area contributed by atoms with Gasteiger partial charge < -0.3 is 14.7 Å². The molecular weight excluding hydrogens is 408 g/mol. The van der Waals surface area contributed by atoms with E-state index in [1.54, 1.807) is 23.0 Å². The molecular formula is C23H28N6OS. The van der Waals surface area contributed by atoms with Crippen LogP contribution in [0.15, 0.2) is 40.4 Å². The summed E-state index contributed by atoms with van der Waals surface area (Å²) in [6, 6.07) is 9.96. The highest BCUT2D eigenvalue weighted by molar-refractivity contribution is 8.01. The number of aryl methyl sites for hydroxylation is 1. The second-order valence-corrected chi connectivity index (χ2v) is 9.83. The van der Waals surface area contributed by atoms with Gasteiger partial charge in [0.05, 0.1) is 6.34 Å². The zero-order valence-electron chi connectivity index (χ0n) is 18.4. The number of carbonyl (C=O) groups is 1. The Balaban J connectivity index is 1.49. The van der Waals surface area contributed by atoms with Crippen molar-refractivity contribution < 1.29 is 4.79 Å². The molecule has 1 amide bonds. The van der Waals surface area contributed by atoms with E-state index in [1.807, 2.05) is 45.3 Å². The predicted molar refractivity (Wildman–Crippen MR) is 128 cm³/mol. The SMILES string of the molecule is Cc1ccc(N2C=NC3c4c(N(C)C)cc(N5CCN(C)CC5)nc4SC3C2=O)cc1. The molecule has 2 unspecified atom stereocenters. The lowest BCUT2D eigenvalue weighted by molar-refractivity contribution is -0.117. The lowest BCUT2D eigenvalue weighted by Gasteiger charge is -2.34. The number of aromatic nitrogens is 1. The van der Waals surface area contributed by atoms with Crippen molar-refractivity contribution in [2.75, 3.05) is 62.0 Å². The summed E-state index contributed by atoms with van der Waals surface area (Å²) in [6.45, 7) is 6.03. The Hall–Kier alpha value is -2.58. The standard InChI is InChI=1S/C23H28N6OS/c1-15-5-7-16(8-6-15)29-14-24-20-19-17(26(2)3)13-18(28-11-9-27(4)10-12-28)25-22(19)31-21(20)23(29)30/h5-8,13-14,20-21H,9-12H2,1-4H3. The van der Waals surface area contributed by atoms with E-state index in [4.69, 9.17) is 9.98 Å². The highest BCUT2D eigenvalue weighted by atomic mass is 32.2. The van der Waals surface area contributed by atoms with Crippen LogP contribution in [-0.4, -0.2) is 74.7 Å². The Morgan fingerprint density at radius 3 is 2.48 bits per heavy atom. The Labute approximate surface area is 187 Å². The molecule has 0 saturated carbocycles. The number of fused-ring (bicyclic) bond motifs is 3. The summed E-state index contributed by atoms with van der Waals surface area (Å²) in [5.74, 6) is 1.06. The van der Waals surface area contributed by atoms with Crippen molar-refractivity contribution in [3.63, 3.8) is 0 Å². The first kappa shape index (κ1) is 20.3. The lowest BCUT2D eigenvalue weighted by Crippen LogP contribution is -2.44. The number of hydrogen-bond acceptors (Lipinski definition) is 7. The molecule has 0 aliphatic carbocycles. The van der Waals surface area contributed by atoms with Gasteiger partial charge in [0.2, 0.25) is 5.91 Å². The van der Waals surface area contributed by atoms with Crippen molar-refractivity contribution >= 4 is 41.2 Å². The number of piperazine rings is 1. The van der Waals surface area contributed by atoms with Crippen molar-refractivity contribution in [2.24, 2.45) is 4.99 Å². The summed E-state index contributed by atoms with van der Waals surface area (Å²) >= 11 is 1.56. The van der Waals surface area contributed by atoms with Crippen molar-refractivity contribution in [3.05, 3.63) is 41.5 Å². The smallest absolute Gasteiger partial charge is 0.248 e. The highest BCUT2D eigenvalue weighted by Gasteiger charge is 2.45. The number of aliphatic imine (C=N–C) groups is 1. The minimum atomic E-state index is -0.282. The van der Waals surface area contributed by atoms with Gasteiger partial charge in [-0.2, -0.15) is 0 Å². The molecule has 5 rings (SSSR count). The quantitative estimate of drug-likeness (QED) is 0.738. The number of rotatable bonds is 3. The molecule has 1 fully saturated rings. The van der Waals surface area contributed by atoms with E-state index in [0.717, 1.165) is 54.0 Å². The Kier molecular flexibility index (Phi) is 5.14. The van der Waals surface area contributed by atoms with Gasteiger partial charge in [-0.15, -0.1) is 0 Å². The number of anilines is 3. The van der Waals surface area contributed by atoms with E-state index in [0.29, 0.717) is 0 Å². The van der Waals surface area contributed by atoms with Gasteiger partial charge in [-0.25, -0.2) is 4.98 Å². The fourth-order valence-corrected chi connectivity index (χ4v) is 5.64. The largest absolute Gasteiger partial charge is 0.377 e. The second-order valence-electron chi connectivity index (χ2n) is 8.69. The van der Waals surface area contributed by atoms with Crippen LogP contribution in [0, 0.1) is 6.92 Å². The van der Waals surface area contributed by atoms with Crippen LogP contribution in [0.1, 0.15) is 17.2 Å². The molecule has 8 heteroatoms. The molecule has 3 aliphatic rings. The Morgan fingerprint density at radius 2 is 1.81 bits per heavy atom. The van der Waals surface area contributed by atoms with Gasteiger partial charge in [0, 0.05) is 63.3 Å². The topological polar surface area (TPSA) is 55.3 Å². The van der Waals surface area contributed by atoms with Gasteiger partial charge in [0.25, 0.3) is 0 Å². The van der Waals surface area contributed by atoms with Crippen LogP contribution in [0.2, 0.25) is 0 Å². The number of thioether (sulfide) groups is 1. The van der Waals surface area contributed by atoms with Crippen molar-refractivity contribution in [3.8, 4) is 0 Å². The summed E-state index contributed by atoms with van der Waals surface area (Å²) in [6.07, 6.45) is 1.69. The highest BCUT2D eigenvalue weighted by Crippen LogP contribution is 2.51. The lowest BCUT2D eigenvalue weighted by atomic mass is 10.0. The van der Waals surface area contributed by atoms with Crippen LogP contribution in [-0.2, 0) is 4.79 Å². The second kappa shape index (κ2) is 7.84.